The van der Waals surface area contributed by atoms with Crippen molar-refractivity contribution in [2.24, 2.45) is 0 Å². The van der Waals surface area contributed by atoms with E-state index < -0.39 is 17.9 Å². The van der Waals surface area contributed by atoms with E-state index in [4.69, 9.17) is 0 Å². The van der Waals surface area contributed by atoms with Crippen molar-refractivity contribution in [2.45, 2.75) is 31.0 Å². The smallest absolute Gasteiger partial charge is 0.326 e. The number of carboxylic acid groups (broad SMARTS) is 1. The summed E-state index contributed by atoms with van der Waals surface area (Å²) < 4.78 is 0. The molecule has 1 aliphatic rings. The fourth-order valence-corrected chi connectivity index (χ4v) is 4.10. The molecule has 1 amide bonds. The minimum atomic E-state index is -1.03. The predicted octanol–water partition coefficient (Wildman–Crippen LogP) is 2.85. The first-order chi connectivity index (χ1) is 15.0. The maximum atomic E-state index is 13.0. The van der Waals surface area contributed by atoms with Crippen molar-refractivity contribution < 1.29 is 19.8 Å². The van der Waals surface area contributed by atoms with Gasteiger partial charge in [-0.1, -0.05) is 30.3 Å². The fourth-order valence-electron chi connectivity index (χ4n) is 3.63. The third kappa shape index (κ3) is 7.13. The van der Waals surface area contributed by atoms with Crippen LogP contribution in [0.4, 0.5) is 5.69 Å². The van der Waals surface area contributed by atoms with Gasteiger partial charge in [0.2, 0.25) is 0 Å². The van der Waals surface area contributed by atoms with E-state index in [1.807, 2.05) is 48.7 Å². The molecule has 2 aromatic carbocycles. The molecule has 9 heteroatoms. The third-order valence-electron chi connectivity index (χ3n) is 5.31. The summed E-state index contributed by atoms with van der Waals surface area (Å²) in [7, 11) is 0. The molecule has 7 nitrogen and oxygen atoms in total. The Morgan fingerprint density at radius 3 is 2.59 bits per heavy atom. The minimum Gasteiger partial charge on any atom is -0.480 e. The molecular formula is C23H30ClN3O4S. The van der Waals surface area contributed by atoms with E-state index in [-0.39, 0.29) is 24.6 Å². The summed E-state index contributed by atoms with van der Waals surface area (Å²) in [6, 6.07) is 14.3. The molecule has 3 rings (SSSR count). The molecule has 2 aromatic rings. The van der Waals surface area contributed by atoms with Crippen LogP contribution in [0.25, 0.3) is 11.1 Å². The number of thioether (sulfide) groups is 1. The second kappa shape index (κ2) is 12.7. The van der Waals surface area contributed by atoms with Crippen LogP contribution in [-0.2, 0) is 4.79 Å². The van der Waals surface area contributed by atoms with E-state index in [0.29, 0.717) is 37.2 Å². The van der Waals surface area contributed by atoms with Crippen molar-refractivity contribution in [3.63, 3.8) is 0 Å². The lowest BCUT2D eigenvalue weighted by Gasteiger charge is -2.18. The zero-order valence-corrected chi connectivity index (χ0v) is 19.5. The Bertz CT molecular complexity index is 900. The van der Waals surface area contributed by atoms with E-state index in [2.05, 4.69) is 16.0 Å². The molecule has 0 spiro atoms. The molecule has 3 atom stereocenters. The van der Waals surface area contributed by atoms with E-state index in [9.17, 15) is 19.8 Å². The number of amides is 1. The number of hydrogen-bond acceptors (Lipinski definition) is 6. The number of β-amino-alcohol motifs (C(OH)–C–C–N with tert-alkyl or cyclic N) is 1. The van der Waals surface area contributed by atoms with Gasteiger partial charge in [-0.15, -0.1) is 12.4 Å². The van der Waals surface area contributed by atoms with E-state index in [0.717, 1.165) is 16.8 Å². The number of aliphatic carboxylic acids is 1. The standard InChI is InChI=1S/C23H29N3O4S.ClH/c1-31-10-9-21(23(29)30)26-22(28)19-8-7-16(24-13-17-11-18(27)14-25-17)12-20(19)15-5-3-2-4-6-15;/h2-8,12,17-18,21,24-25,27H,9-11,13-14H2,1H3,(H,26,28)(H,29,30);1H/t17-,18+,21?;/m0./s1. The molecule has 1 unspecified atom stereocenters. The summed E-state index contributed by atoms with van der Waals surface area (Å²) in [5, 5.41) is 28.4. The SMILES string of the molecule is CSCCC(NC(=O)c1ccc(NC[C@@H]2C[C@@H](O)CN2)cc1-c1ccccc1)C(=O)O.Cl. The number of anilines is 1. The predicted molar refractivity (Wildman–Crippen MR) is 132 cm³/mol. The molecule has 0 aromatic heterocycles. The first-order valence-corrected chi connectivity index (χ1v) is 11.7. The van der Waals surface area contributed by atoms with Crippen LogP contribution in [0.5, 0.6) is 0 Å². The highest BCUT2D eigenvalue weighted by molar-refractivity contribution is 7.98. The number of aliphatic hydroxyl groups excluding tert-OH is 1. The molecule has 0 bridgehead atoms. The van der Waals surface area contributed by atoms with Crippen molar-refractivity contribution in [1.29, 1.82) is 0 Å². The summed E-state index contributed by atoms with van der Waals surface area (Å²) in [5.41, 5.74) is 2.90. The van der Waals surface area contributed by atoms with Crippen molar-refractivity contribution in [1.82, 2.24) is 10.6 Å². The Hall–Kier alpha value is -2.26. The number of carboxylic acids is 1. The van der Waals surface area contributed by atoms with E-state index in [1.165, 1.54) is 0 Å². The third-order valence-corrected chi connectivity index (χ3v) is 5.96. The zero-order valence-electron chi connectivity index (χ0n) is 17.9. The lowest BCUT2D eigenvalue weighted by Crippen LogP contribution is -2.41. The Balaban J connectivity index is 0.00000363. The van der Waals surface area contributed by atoms with Crippen LogP contribution in [0, 0.1) is 0 Å². The van der Waals surface area contributed by atoms with Gasteiger partial charge in [-0.3, -0.25) is 4.79 Å². The second-order valence-electron chi connectivity index (χ2n) is 7.65. The highest BCUT2D eigenvalue weighted by Crippen LogP contribution is 2.27. The van der Waals surface area contributed by atoms with Crippen molar-refractivity contribution in [3.8, 4) is 11.1 Å². The van der Waals surface area contributed by atoms with Crippen molar-refractivity contribution >= 4 is 41.7 Å². The van der Waals surface area contributed by atoms with Crippen LogP contribution in [0.15, 0.2) is 48.5 Å². The van der Waals surface area contributed by atoms with Crippen LogP contribution in [0.1, 0.15) is 23.2 Å². The largest absolute Gasteiger partial charge is 0.480 e. The molecule has 32 heavy (non-hydrogen) atoms. The Labute approximate surface area is 198 Å². The molecule has 0 radical (unpaired) electrons. The van der Waals surface area contributed by atoms with Gasteiger partial charge in [0.1, 0.15) is 6.04 Å². The molecule has 1 heterocycles. The number of nitrogens with one attached hydrogen (secondary N) is 3. The maximum absolute atomic E-state index is 13.0. The number of hydrogen-bond donors (Lipinski definition) is 5. The van der Waals surface area contributed by atoms with Gasteiger partial charge in [-0.05, 0) is 54.2 Å². The summed E-state index contributed by atoms with van der Waals surface area (Å²) in [4.78, 5) is 24.5. The number of benzene rings is 2. The summed E-state index contributed by atoms with van der Waals surface area (Å²) >= 11 is 1.54. The Kier molecular flexibility index (Phi) is 10.3. The van der Waals surface area contributed by atoms with Gasteiger partial charge in [0.05, 0.1) is 6.10 Å². The Morgan fingerprint density at radius 2 is 1.97 bits per heavy atom. The molecule has 1 fully saturated rings. The monoisotopic (exact) mass is 479 g/mol. The summed E-state index contributed by atoms with van der Waals surface area (Å²) in [6.07, 6.45) is 2.65. The molecule has 174 valence electrons. The zero-order chi connectivity index (χ0) is 22.2. The molecule has 1 aliphatic heterocycles. The molecule has 1 saturated heterocycles. The Morgan fingerprint density at radius 1 is 1.22 bits per heavy atom. The van der Waals surface area contributed by atoms with Gasteiger partial charge in [0, 0.05) is 30.4 Å². The number of aliphatic hydroxyl groups is 1. The second-order valence-corrected chi connectivity index (χ2v) is 8.63. The van der Waals surface area contributed by atoms with Crippen LogP contribution >= 0.6 is 24.2 Å². The highest BCUT2D eigenvalue weighted by atomic mass is 35.5. The number of halogens is 1. The molecule has 5 N–H and O–H groups in total. The number of rotatable bonds is 10. The van der Waals surface area contributed by atoms with Gasteiger partial charge in [-0.2, -0.15) is 11.8 Å². The van der Waals surface area contributed by atoms with Crippen LogP contribution in [0.2, 0.25) is 0 Å². The van der Waals surface area contributed by atoms with E-state index in [1.54, 1.807) is 17.8 Å². The molecule has 0 aliphatic carbocycles. The summed E-state index contributed by atoms with van der Waals surface area (Å²) in [5.74, 6) is -0.789. The average molecular weight is 480 g/mol. The first-order valence-electron chi connectivity index (χ1n) is 10.4. The van der Waals surface area contributed by atoms with E-state index >= 15 is 0 Å². The average Bonchev–Trinajstić information content (AvgIpc) is 3.20. The minimum absolute atomic E-state index is 0. The van der Waals surface area contributed by atoms with Crippen LogP contribution in [-0.4, -0.2) is 65.4 Å². The maximum Gasteiger partial charge on any atom is 0.326 e. The van der Waals surface area contributed by atoms with Gasteiger partial charge in [0.25, 0.3) is 5.91 Å². The molecular weight excluding hydrogens is 450 g/mol. The highest BCUT2D eigenvalue weighted by Gasteiger charge is 2.23. The van der Waals surface area contributed by atoms with Gasteiger partial charge in [0.15, 0.2) is 0 Å². The van der Waals surface area contributed by atoms with Crippen LogP contribution < -0.4 is 16.0 Å². The van der Waals surface area contributed by atoms with Gasteiger partial charge < -0.3 is 26.2 Å². The van der Waals surface area contributed by atoms with Gasteiger partial charge >= 0.3 is 5.97 Å². The van der Waals surface area contributed by atoms with Crippen molar-refractivity contribution in [3.05, 3.63) is 54.1 Å². The summed E-state index contributed by atoms with van der Waals surface area (Å²) in [6.45, 7) is 1.26. The van der Waals surface area contributed by atoms with Gasteiger partial charge in [-0.25, -0.2) is 4.79 Å². The fraction of sp³-hybridized carbons (Fsp3) is 0.391. The first kappa shape index (κ1) is 26.0. The lowest BCUT2D eigenvalue weighted by molar-refractivity contribution is -0.139. The normalized spacial score (nSPS) is 18.4. The lowest BCUT2D eigenvalue weighted by atomic mass is 9.98. The quantitative estimate of drug-likeness (QED) is 0.356. The topological polar surface area (TPSA) is 111 Å². The van der Waals surface area contributed by atoms with Crippen LogP contribution in [0.3, 0.4) is 0 Å². The molecule has 0 saturated carbocycles. The number of carbonyl (C=O) groups is 2. The van der Waals surface area contributed by atoms with Crippen molar-refractivity contribution in [2.75, 3.05) is 30.4 Å². The number of carbonyl (C=O) groups excluding carboxylic acids is 1.